The van der Waals surface area contributed by atoms with E-state index in [-0.39, 0.29) is 31.5 Å². The largest absolute Gasteiger partial charge is 0.472 e. The standard InChI is InChI=1S/C69H127N2O7P/c1-7-10-13-16-19-22-25-28-29-30-31-32-33-34-35-36-37-38-39-40-41-44-47-50-53-56-59-62-69(73)78-67(60-57-54-51-48-45-42-26-23-20-17-14-11-8-2)66(65-77-79(74,75)76-64-63-71(4,5)6)70-68(72)61-58-55-52-49-46-43-27-24-21-18-15-12-9-3/h19,22,28-29,31-32,34-35,43,46,57,60,66-67H,7-18,20-21,23-27,30,33,36-42,44-45,47-56,58-59,61-65H2,1-6H3,(H-,70,72,74,75)/p+1/b22-19-,29-28-,32-31-,35-34-,46-43-,60-57-. The van der Waals surface area contributed by atoms with Crippen molar-refractivity contribution in [2.75, 3.05) is 40.9 Å². The number of amides is 1. The highest BCUT2D eigenvalue weighted by Crippen LogP contribution is 2.43. The minimum atomic E-state index is -4.45. The second-order valence-corrected chi connectivity index (χ2v) is 25.1. The Morgan fingerprint density at radius 2 is 0.772 bits per heavy atom. The van der Waals surface area contributed by atoms with E-state index in [9.17, 15) is 19.0 Å². The predicted octanol–water partition coefficient (Wildman–Crippen LogP) is 20.8. The van der Waals surface area contributed by atoms with E-state index in [0.29, 0.717) is 17.4 Å². The predicted molar refractivity (Wildman–Crippen MR) is 341 cm³/mol. The fourth-order valence-corrected chi connectivity index (χ4v) is 10.2. The zero-order valence-corrected chi connectivity index (χ0v) is 53.5. The van der Waals surface area contributed by atoms with Gasteiger partial charge in [0.25, 0.3) is 0 Å². The fourth-order valence-electron chi connectivity index (χ4n) is 9.45. The molecule has 0 saturated carbocycles. The molecule has 0 aliphatic carbocycles. The molecule has 3 unspecified atom stereocenters. The van der Waals surface area contributed by atoms with Crippen LogP contribution in [0.3, 0.4) is 0 Å². The van der Waals surface area contributed by atoms with Crippen molar-refractivity contribution in [3.05, 3.63) is 72.9 Å². The minimum absolute atomic E-state index is 0.0358. The SMILES string of the molecule is CCCCC/C=C\C/C=C\C/C=C\C/C=C\CCCCCCCCCCCCCC(=O)OC(/C=C\CCCCCCCCCCCCC)C(COP(=O)(O)OCC[N+](C)(C)C)NC(=O)CCCCC/C=C\CCCCCCCC. The van der Waals surface area contributed by atoms with Gasteiger partial charge in [0.2, 0.25) is 5.91 Å². The van der Waals surface area contributed by atoms with E-state index in [4.69, 9.17) is 13.8 Å². The molecule has 0 aliphatic rings. The topological polar surface area (TPSA) is 111 Å². The molecule has 2 N–H and O–H groups in total. The number of phosphoric acid groups is 1. The van der Waals surface area contributed by atoms with E-state index < -0.39 is 20.0 Å². The number of quaternary nitrogens is 1. The Labute approximate surface area is 489 Å². The Morgan fingerprint density at radius 1 is 0.443 bits per heavy atom. The van der Waals surface area contributed by atoms with Gasteiger partial charge in [-0.1, -0.05) is 261 Å². The summed E-state index contributed by atoms with van der Waals surface area (Å²) in [4.78, 5) is 37.7. The average molecular weight is 1130 g/mol. The number of nitrogens with zero attached hydrogens (tertiary/aromatic N) is 1. The van der Waals surface area contributed by atoms with Crippen molar-refractivity contribution in [2.24, 2.45) is 0 Å². The Morgan fingerprint density at radius 3 is 1.20 bits per heavy atom. The molecule has 0 aromatic heterocycles. The van der Waals surface area contributed by atoms with Crippen LogP contribution < -0.4 is 5.32 Å². The van der Waals surface area contributed by atoms with Gasteiger partial charge in [-0.15, -0.1) is 0 Å². The molecule has 0 aliphatic heterocycles. The lowest BCUT2D eigenvalue weighted by Gasteiger charge is -2.27. The Kier molecular flexibility index (Phi) is 56.7. The van der Waals surface area contributed by atoms with E-state index in [1.165, 1.54) is 180 Å². The van der Waals surface area contributed by atoms with E-state index in [2.05, 4.69) is 86.8 Å². The second kappa shape index (κ2) is 58.6. The first-order valence-corrected chi connectivity index (χ1v) is 34.8. The average Bonchev–Trinajstić information content (AvgIpc) is 3.41. The first-order chi connectivity index (χ1) is 38.4. The van der Waals surface area contributed by atoms with Crippen LogP contribution in [-0.2, 0) is 27.9 Å². The van der Waals surface area contributed by atoms with Gasteiger partial charge in [0.1, 0.15) is 19.3 Å². The van der Waals surface area contributed by atoms with E-state index in [1.807, 2.05) is 33.3 Å². The number of nitrogens with one attached hydrogen (secondary N) is 1. The highest BCUT2D eigenvalue weighted by Gasteiger charge is 2.30. The molecule has 1 amide bonds. The summed E-state index contributed by atoms with van der Waals surface area (Å²) in [6.45, 7) is 6.98. The zero-order chi connectivity index (χ0) is 57.9. The summed E-state index contributed by atoms with van der Waals surface area (Å²) in [6, 6.07) is -0.859. The first kappa shape index (κ1) is 76.5. The van der Waals surface area contributed by atoms with Gasteiger partial charge in [-0.25, -0.2) is 4.57 Å². The third kappa shape index (κ3) is 59.9. The summed E-state index contributed by atoms with van der Waals surface area (Å²) in [7, 11) is 1.49. The molecule has 3 atom stereocenters. The lowest BCUT2D eigenvalue weighted by Crippen LogP contribution is -2.47. The maximum atomic E-state index is 13.5. The van der Waals surface area contributed by atoms with E-state index in [1.54, 1.807) is 0 Å². The van der Waals surface area contributed by atoms with Crippen molar-refractivity contribution in [1.29, 1.82) is 0 Å². The molecule has 0 saturated heterocycles. The fraction of sp³-hybridized carbons (Fsp3) is 0.797. The number of carbonyl (C=O) groups excluding carboxylic acids is 2. The van der Waals surface area contributed by atoms with Crippen LogP contribution >= 0.6 is 7.82 Å². The molecule has 9 nitrogen and oxygen atoms in total. The molecular weight excluding hydrogens is 1000 g/mol. The van der Waals surface area contributed by atoms with Crippen molar-refractivity contribution >= 4 is 19.7 Å². The molecule has 0 aromatic rings. The van der Waals surface area contributed by atoms with Crippen molar-refractivity contribution in [3.8, 4) is 0 Å². The molecule has 0 heterocycles. The molecule has 0 aromatic carbocycles. The Bertz CT molecular complexity index is 1580. The lowest BCUT2D eigenvalue weighted by atomic mass is 10.0. The first-order valence-electron chi connectivity index (χ1n) is 33.3. The van der Waals surface area contributed by atoms with Crippen molar-refractivity contribution in [3.63, 3.8) is 0 Å². The molecule has 0 rings (SSSR count). The lowest BCUT2D eigenvalue weighted by molar-refractivity contribution is -0.870. The minimum Gasteiger partial charge on any atom is -0.456 e. The van der Waals surface area contributed by atoms with Crippen LogP contribution in [0, 0.1) is 0 Å². The number of phosphoric ester groups is 1. The number of likely N-dealkylation sites (N-methyl/N-ethyl adjacent to an activating group) is 1. The quantitative estimate of drug-likeness (QED) is 0.0205. The summed E-state index contributed by atoms with van der Waals surface area (Å²) >= 11 is 0. The molecular formula is C69H128N2O7P+. The normalized spacial score (nSPS) is 14.1. The van der Waals surface area contributed by atoms with Crippen molar-refractivity contribution < 1.29 is 37.3 Å². The molecule has 0 fully saturated rings. The summed E-state index contributed by atoms with van der Waals surface area (Å²) < 4.78 is 30.7. The maximum Gasteiger partial charge on any atom is 0.472 e. The van der Waals surface area contributed by atoms with Gasteiger partial charge in [-0.3, -0.25) is 18.6 Å². The number of hydrogen-bond acceptors (Lipinski definition) is 6. The second-order valence-electron chi connectivity index (χ2n) is 23.6. The van der Waals surface area contributed by atoms with Gasteiger partial charge in [0.15, 0.2) is 0 Å². The van der Waals surface area contributed by atoms with Crippen LogP contribution in [0.15, 0.2) is 72.9 Å². The maximum absolute atomic E-state index is 13.5. The number of rotatable bonds is 60. The number of ether oxygens (including phenoxy) is 1. The summed E-state index contributed by atoms with van der Waals surface area (Å²) in [5.41, 5.74) is 0. The monoisotopic (exact) mass is 1130 g/mol. The summed E-state index contributed by atoms with van der Waals surface area (Å²) in [6.07, 6.45) is 76.2. The third-order valence-corrected chi connectivity index (χ3v) is 15.6. The number of allylic oxidation sites excluding steroid dienone is 11. The van der Waals surface area contributed by atoms with Crippen LogP contribution in [0.4, 0.5) is 0 Å². The van der Waals surface area contributed by atoms with Crippen LogP contribution in [0.1, 0.15) is 303 Å². The highest BCUT2D eigenvalue weighted by atomic mass is 31.2. The van der Waals surface area contributed by atoms with Gasteiger partial charge < -0.3 is 19.4 Å². The van der Waals surface area contributed by atoms with E-state index in [0.717, 1.165) is 89.9 Å². The molecule has 10 heteroatoms. The van der Waals surface area contributed by atoms with E-state index >= 15 is 0 Å². The third-order valence-electron chi connectivity index (χ3n) is 14.6. The van der Waals surface area contributed by atoms with Crippen LogP contribution in [0.25, 0.3) is 0 Å². The molecule has 0 spiro atoms. The summed E-state index contributed by atoms with van der Waals surface area (Å²) in [5.74, 6) is -0.522. The Hall–Kier alpha value is -2.55. The molecule has 0 radical (unpaired) electrons. The molecule has 0 bridgehead atoms. The van der Waals surface area contributed by atoms with Crippen LogP contribution in [-0.4, -0.2) is 74.3 Å². The van der Waals surface area contributed by atoms with Crippen LogP contribution in [0.5, 0.6) is 0 Å². The van der Waals surface area contributed by atoms with Crippen LogP contribution in [0.2, 0.25) is 0 Å². The van der Waals surface area contributed by atoms with Gasteiger partial charge in [-0.2, -0.15) is 0 Å². The number of carbonyl (C=O) groups is 2. The number of esters is 1. The smallest absolute Gasteiger partial charge is 0.456 e. The molecule has 79 heavy (non-hydrogen) atoms. The summed E-state index contributed by atoms with van der Waals surface area (Å²) in [5, 5.41) is 3.05. The van der Waals surface area contributed by atoms with Crippen molar-refractivity contribution in [2.45, 2.75) is 315 Å². The van der Waals surface area contributed by atoms with Crippen molar-refractivity contribution in [1.82, 2.24) is 5.32 Å². The zero-order valence-electron chi connectivity index (χ0n) is 52.6. The Balaban J connectivity index is 5.09. The van der Waals surface area contributed by atoms with Gasteiger partial charge in [0, 0.05) is 12.8 Å². The van der Waals surface area contributed by atoms with Gasteiger partial charge in [-0.05, 0) is 102 Å². The van der Waals surface area contributed by atoms with Gasteiger partial charge >= 0.3 is 13.8 Å². The number of unbranched alkanes of at least 4 members (excludes halogenated alkanes) is 34. The highest BCUT2D eigenvalue weighted by molar-refractivity contribution is 7.47. The molecule has 460 valence electrons. The number of hydrogen-bond donors (Lipinski definition) is 2. The van der Waals surface area contributed by atoms with Gasteiger partial charge in [0.05, 0.1) is 33.8 Å².